The van der Waals surface area contributed by atoms with Gasteiger partial charge in [0.1, 0.15) is 11.6 Å². The Kier molecular flexibility index (Phi) is 5.17. The van der Waals surface area contributed by atoms with E-state index in [0.29, 0.717) is 16.3 Å². The van der Waals surface area contributed by atoms with E-state index >= 15 is 0 Å². The average molecular weight is 308 g/mol. The van der Waals surface area contributed by atoms with Gasteiger partial charge in [0, 0.05) is 24.2 Å². The van der Waals surface area contributed by atoms with Gasteiger partial charge in [-0.1, -0.05) is 35.9 Å². The number of carbonyl (C=O) groups is 1. The van der Waals surface area contributed by atoms with E-state index < -0.39 is 5.82 Å². The van der Waals surface area contributed by atoms with Crippen molar-refractivity contribution in [3.05, 3.63) is 64.9 Å². The second-order valence-electron chi connectivity index (χ2n) is 4.55. The van der Waals surface area contributed by atoms with Crippen LogP contribution in [-0.4, -0.2) is 24.5 Å². The molecule has 2 rings (SSSR count). The number of ether oxygens (including phenoxy) is 1. The number of benzene rings is 2. The summed E-state index contributed by atoms with van der Waals surface area (Å²) < 4.78 is 19.0. The van der Waals surface area contributed by atoms with Crippen LogP contribution in [0.1, 0.15) is 5.56 Å². The quantitative estimate of drug-likeness (QED) is 0.846. The van der Waals surface area contributed by atoms with Crippen LogP contribution in [0.4, 0.5) is 4.39 Å². The Morgan fingerprint density at radius 2 is 1.90 bits per heavy atom. The van der Waals surface area contributed by atoms with E-state index in [9.17, 15) is 9.18 Å². The molecule has 0 bridgehead atoms. The molecular formula is C16H15ClFNO2. The number of para-hydroxylation sites is 1. The lowest BCUT2D eigenvalue weighted by molar-refractivity contribution is -0.132. The Bertz CT molecular complexity index is 599. The number of amides is 1. The third-order valence-electron chi connectivity index (χ3n) is 2.99. The van der Waals surface area contributed by atoms with Crippen molar-refractivity contribution in [2.45, 2.75) is 6.54 Å². The summed E-state index contributed by atoms with van der Waals surface area (Å²) in [5, 5.41) is 0.304. The predicted octanol–water partition coefficient (Wildman–Crippen LogP) is 3.52. The van der Waals surface area contributed by atoms with Gasteiger partial charge < -0.3 is 9.64 Å². The van der Waals surface area contributed by atoms with E-state index in [1.54, 1.807) is 25.2 Å². The Hall–Kier alpha value is -2.07. The molecule has 0 heterocycles. The Balaban J connectivity index is 1.94. The number of likely N-dealkylation sites (N-methyl/N-ethyl adjacent to an activating group) is 1. The highest BCUT2D eigenvalue weighted by Gasteiger charge is 2.14. The molecule has 2 aromatic carbocycles. The summed E-state index contributed by atoms with van der Waals surface area (Å²) in [4.78, 5) is 13.4. The largest absolute Gasteiger partial charge is 0.484 e. The van der Waals surface area contributed by atoms with Crippen molar-refractivity contribution in [2.24, 2.45) is 0 Å². The summed E-state index contributed by atoms with van der Waals surface area (Å²) in [6.07, 6.45) is 0. The van der Waals surface area contributed by atoms with Crippen LogP contribution in [0.2, 0.25) is 5.02 Å². The maximum atomic E-state index is 13.7. The van der Waals surface area contributed by atoms with E-state index in [-0.39, 0.29) is 19.1 Å². The first-order valence-corrected chi connectivity index (χ1v) is 6.80. The minimum Gasteiger partial charge on any atom is -0.484 e. The van der Waals surface area contributed by atoms with Crippen molar-refractivity contribution in [2.75, 3.05) is 13.7 Å². The molecule has 0 atom stereocenters. The standard InChI is InChI=1S/C16H15ClFNO2/c1-19(10-13-14(17)8-5-9-15(13)18)16(20)11-21-12-6-3-2-4-7-12/h2-9H,10-11H2,1H3. The highest BCUT2D eigenvalue weighted by atomic mass is 35.5. The molecule has 3 nitrogen and oxygen atoms in total. The van der Waals surface area contributed by atoms with Gasteiger partial charge in [0.05, 0.1) is 0 Å². The number of carbonyl (C=O) groups excluding carboxylic acids is 1. The molecule has 0 aliphatic rings. The van der Waals surface area contributed by atoms with Gasteiger partial charge in [-0.25, -0.2) is 4.39 Å². The molecular weight excluding hydrogens is 293 g/mol. The van der Waals surface area contributed by atoms with Gasteiger partial charge >= 0.3 is 0 Å². The van der Waals surface area contributed by atoms with E-state index in [0.717, 1.165) is 0 Å². The maximum absolute atomic E-state index is 13.7. The Labute approximate surface area is 127 Å². The lowest BCUT2D eigenvalue weighted by Crippen LogP contribution is -2.31. The van der Waals surface area contributed by atoms with Crippen molar-refractivity contribution < 1.29 is 13.9 Å². The fourth-order valence-electron chi connectivity index (χ4n) is 1.78. The van der Waals surface area contributed by atoms with Crippen molar-refractivity contribution in [3.63, 3.8) is 0 Å². The van der Waals surface area contributed by atoms with Gasteiger partial charge in [-0.2, -0.15) is 0 Å². The van der Waals surface area contributed by atoms with Crippen LogP contribution < -0.4 is 4.74 Å². The van der Waals surface area contributed by atoms with Crippen LogP contribution in [0.3, 0.4) is 0 Å². The number of hydrogen-bond donors (Lipinski definition) is 0. The minimum atomic E-state index is -0.425. The molecule has 5 heteroatoms. The summed E-state index contributed by atoms with van der Waals surface area (Å²) in [6.45, 7) is -0.00489. The first-order chi connectivity index (χ1) is 10.1. The summed E-state index contributed by atoms with van der Waals surface area (Å²) >= 11 is 5.94. The molecule has 21 heavy (non-hydrogen) atoms. The van der Waals surface area contributed by atoms with Crippen molar-refractivity contribution in [3.8, 4) is 5.75 Å². The summed E-state index contributed by atoms with van der Waals surface area (Å²) in [5.41, 5.74) is 0.301. The van der Waals surface area contributed by atoms with Crippen LogP contribution >= 0.6 is 11.6 Å². The molecule has 1 amide bonds. The molecule has 0 saturated carbocycles. The predicted molar refractivity (Wildman–Crippen MR) is 79.8 cm³/mol. The smallest absolute Gasteiger partial charge is 0.260 e. The van der Waals surface area contributed by atoms with Gasteiger partial charge in [0.2, 0.25) is 0 Å². The lowest BCUT2D eigenvalue weighted by Gasteiger charge is -2.18. The van der Waals surface area contributed by atoms with Gasteiger partial charge in [-0.05, 0) is 24.3 Å². The van der Waals surface area contributed by atoms with E-state index in [1.807, 2.05) is 18.2 Å². The lowest BCUT2D eigenvalue weighted by atomic mass is 10.2. The Morgan fingerprint density at radius 1 is 1.19 bits per heavy atom. The van der Waals surface area contributed by atoms with Crippen LogP contribution in [-0.2, 0) is 11.3 Å². The molecule has 0 spiro atoms. The van der Waals surface area contributed by atoms with Crippen LogP contribution in [0.5, 0.6) is 5.75 Å². The molecule has 0 fully saturated rings. The van der Waals surface area contributed by atoms with Crippen molar-refractivity contribution in [1.82, 2.24) is 4.90 Å². The highest BCUT2D eigenvalue weighted by molar-refractivity contribution is 6.31. The third kappa shape index (κ3) is 4.20. The molecule has 0 saturated heterocycles. The second-order valence-corrected chi connectivity index (χ2v) is 4.96. The van der Waals surface area contributed by atoms with Gasteiger partial charge in [-0.3, -0.25) is 4.79 Å². The second kappa shape index (κ2) is 7.09. The number of rotatable bonds is 5. The zero-order valence-electron chi connectivity index (χ0n) is 11.6. The Morgan fingerprint density at radius 3 is 2.57 bits per heavy atom. The van der Waals surface area contributed by atoms with Gasteiger partial charge in [0.15, 0.2) is 6.61 Å². The summed E-state index contributed by atoms with van der Waals surface area (Å²) in [5.74, 6) is -0.0625. The first kappa shape index (κ1) is 15.3. The zero-order valence-corrected chi connectivity index (χ0v) is 12.3. The molecule has 0 aliphatic carbocycles. The fraction of sp³-hybridized carbons (Fsp3) is 0.188. The summed E-state index contributed by atoms with van der Waals surface area (Å²) in [6, 6.07) is 13.5. The topological polar surface area (TPSA) is 29.5 Å². The monoisotopic (exact) mass is 307 g/mol. The number of hydrogen-bond acceptors (Lipinski definition) is 2. The minimum absolute atomic E-state index is 0.0997. The molecule has 0 unspecified atom stereocenters. The molecule has 0 aliphatic heterocycles. The third-order valence-corrected chi connectivity index (χ3v) is 3.34. The highest BCUT2D eigenvalue weighted by Crippen LogP contribution is 2.20. The SMILES string of the molecule is CN(Cc1c(F)cccc1Cl)C(=O)COc1ccccc1. The normalized spacial score (nSPS) is 10.2. The average Bonchev–Trinajstić information content (AvgIpc) is 2.49. The first-order valence-electron chi connectivity index (χ1n) is 6.42. The number of halogens is 2. The summed E-state index contributed by atoms with van der Waals surface area (Å²) in [7, 11) is 1.58. The molecule has 0 N–H and O–H groups in total. The van der Waals surface area contributed by atoms with E-state index in [2.05, 4.69) is 0 Å². The molecule has 2 aromatic rings. The zero-order chi connectivity index (χ0) is 15.2. The van der Waals surface area contributed by atoms with Crippen LogP contribution in [0.15, 0.2) is 48.5 Å². The van der Waals surface area contributed by atoms with Crippen LogP contribution in [0.25, 0.3) is 0 Å². The van der Waals surface area contributed by atoms with E-state index in [1.165, 1.54) is 17.0 Å². The van der Waals surface area contributed by atoms with Crippen LogP contribution in [0, 0.1) is 5.82 Å². The van der Waals surface area contributed by atoms with Gasteiger partial charge in [0.25, 0.3) is 5.91 Å². The van der Waals surface area contributed by atoms with Gasteiger partial charge in [-0.15, -0.1) is 0 Å². The maximum Gasteiger partial charge on any atom is 0.260 e. The number of nitrogens with zero attached hydrogens (tertiary/aromatic N) is 1. The molecule has 0 aromatic heterocycles. The van der Waals surface area contributed by atoms with E-state index in [4.69, 9.17) is 16.3 Å². The van der Waals surface area contributed by atoms with Crippen molar-refractivity contribution in [1.29, 1.82) is 0 Å². The fourth-order valence-corrected chi connectivity index (χ4v) is 2.00. The van der Waals surface area contributed by atoms with Crippen molar-refractivity contribution >= 4 is 17.5 Å². The molecule has 110 valence electrons. The molecule has 0 radical (unpaired) electrons.